The minimum absolute atomic E-state index is 0.487. The molecule has 84 valence electrons. The van der Waals surface area contributed by atoms with Crippen LogP contribution in [0.15, 0.2) is 24.5 Å². The van der Waals surface area contributed by atoms with E-state index in [2.05, 4.69) is 22.8 Å². The zero-order valence-electron chi connectivity index (χ0n) is 8.59. The summed E-state index contributed by atoms with van der Waals surface area (Å²) < 4.78 is 1.78. The monoisotopic (exact) mass is 271 g/mol. The van der Waals surface area contributed by atoms with Crippen LogP contribution >= 0.6 is 35.8 Å². The number of halogens is 1. The standard InChI is InChI=1S/C10H10ClN3S2/c1-2-14(15)10-8(11)13-9(16-10)7-4-3-5-12-6-7/h3-6,15H,2H2,1H3. The maximum Gasteiger partial charge on any atom is 0.165 e. The lowest BCUT2D eigenvalue weighted by molar-refractivity contribution is 1.13. The van der Waals surface area contributed by atoms with E-state index in [1.165, 1.54) is 11.3 Å². The van der Waals surface area contributed by atoms with Crippen LogP contribution in [0.1, 0.15) is 6.92 Å². The van der Waals surface area contributed by atoms with Crippen LogP contribution in [0.3, 0.4) is 0 Å². The van der Waals surface area contributed by atoms with Crippen molar-refractivity contribution in [2.45, 2.75) is 6.92 Å². The molecule has 2 aromatic rings. The molecule has 0 radical (unpaired) electrons. The van der Waals surface area contributed by atoms with Gasteiger partial charge in [-0.25, -0.2) is 4.98 Å². The van der Waals surface area contributed by atoms with E-state index in [9.17, 15) is 0 Å². The molecule has 2 aromatic heterocycles. The van der Waals surface area contributed by atoms with Crippen molar-refractivity contribution in [3.05, 3.63) is 29.7 Å². The van der Waals surface area contributed by atoms with E-state index >= 15 is 0 Å². The Balaban J connectivity index is 2.38. The summed E-state index contributed by atoms with van der Waals surface area (Å²) in [7, 11) is 0. The first kappa shape index (κ1) is 11.7. The Kier molecular flexibility index (Phi) is 3.68. The van der Waals surface area contributed by atoms with Gasteiger partial charge in [0.25, 0.3) is 0 Å². The lowest BCUT2D eigenvalue weighted by Gasteiger charge is -2.11. The molecule has 0 fully saturated rings. The lowest BCUT2D eigenvalue weighted by atomic mass is 10.3. The number of anilines is 1. The van der Waals surface area contributed by atoms with Gasteiger partial charge in [-0.1, -0.05) is 35.8 Å². The van der Waals surface area contributed by atoms with E-state index in [4.69, 9.17) is 11.6 Å². The molecule has 0 aliphatic rings. The fourth-order valence-corrected chi connectivity index (χ4v) is 2.76. The Morgan fingerprint density at radius 2 is 2.38 bits per heavy atom. The van der Waals surface area contributed by atoms with Crippen LogP contribution in [0.25, 0.3) is 10.6 Å². The maximum atomic E-state index is 6.06. The summed E-state index contributed by atoms with van der Waals surface area (Å²) in [6.07, 6.45) is 3.50. The highest BCUT2D eigenvalue weighted by atomic mass is 35.5. The van der Waals surface area contributed by atoms with Gasteiger partial charge in [0.1, 0.15) is 10.0 Å². The van der Waals surface area contributed by atoms with Crippen molar-refractivity contribution in [1.82, 2.24) is 9.97 Å². The zero-order chi connectivity index (χ0) is 11.5. The number of hydrogen-bond acceptors (Lipinski definition) is 5. The highest BCUT2D eigenvalue weighted by Gasteiger charge is 2.13. The van der Waals surface area contributed by atoms with Gasteiger partial charge in [0, 0.05) is 24.5 Å². The molecule has 0 atom stereocenters. The molecule has 2 heterocycles. The third kappa shape index (κ3) is 2.31. The van der Waals surface area contributed by atoms with E-state index in [0.717, 1.165) is 22.1 Å². The molecule has 0 aromatic carbocycles. The summed E-state index contributed by atoms with van der Waals surface area (Å²) in [5.74, 6) is 0. The summed E-state index contributed by atoms with van der Waals surface area (Å²) in [5.41, 5.74) is 0.971. The van der Waals surface area contributed by atoms with Crippen LogP contribution < -0.4 is 4.31 Å². The Morgan fingerprint density at radius 1 is 1.56 bits per heavy atom. The number of hydrogen-bond donors (Lipinski definition) is 1. The number of rotatable bonds is 3. The summed E-state index contributed by atoms with van der Waals surface area (Å²) in [4.78, 5) is 8.36. The maximum absolute atomic E-state index is 6.06. The van der Waals surface area contributed by atoms with Gasteiger partial charge in [-0.2, -0.15) is 0 Å². The second kappa shape index (κ2) is 5.03. The quantitative estimate of drug-likeness (QED) is 0.866. The molecule has 0 unspecified atom stereocenters. The molecule has 0 saturated heterocycles. The van der Waals surface area contributed by atoms with E-state index in [-0.39, 0.29) is 0 Å². The normalized spacial score (nSPS) is 10.4. The van der Waals surface area contributed by atoms with Gasteiger partial charge >= 0.3 is 0 Å². The molecule has 0 amide bonds. The van der Waals surface area contributed by atoms with Gasteiger partial charge in [0.2, 0.25) is 0 Å². The van der Waals surface area contributed by atoms with Gasteiger partial charge in [-0.05, 0) is 19.1 Å². The second-order valence-electron chi connectivity index (χ2n) is 3.07. The van der Waals surface area contributed by atoms with Crippen LogP contribution in [0.4, 0.5) is 5.00 Å². The largest absolute Gasteiger partial charge is 0.308 e. The van der Waals surface area contributed by atoms with Gasteiger partial charge in [0.05, 0.1) is 0 Å². The van der Waals surface area contributed by atoms with Crippen molar-refractivity contribution in [2.24, 2.45) is 0 Å². The van der Waals surface area contributed by atoms with Crippen molar-refractivity contribution in [1.29, 1.82) is 0 Å². The van der Waals surface area contributed by atoms with E-state index in [1.54, 1.807) is 16.7 Å². The number of thiazole rings is 1. The minimum atomic E-state index is 0.487. The molecule has 0 saturated carbocycles. The molecular weight excluding hydrogens is 262 g/mol. The average molecular weight is 272 g/mol. The van der Waals surface area contributed by atoms with Gasteiger partial charge in [-0.15, -0.1) is 0 Å². The minimum Gasteiger partial charge on any atom is -0.308 e. The fraction of sp³-hybridized carbons (Fsp3) is 0.200. The van der Waals surface area contributed by atoms with Crippen molar-refractivity contribution in [3.8, 4) is 10.6 Å². The Hall–Kier alpha value is -0.780. The van der Waals surface area contributed by atoms with Gasteiger partial charge < -0.3 is 4.31 Å². The second-order valence-corrected chi connectivity index (χ2v) is 4.89. The first-order chi connectivity index (χ1) is 7.72. The molecule has 0 spiro atoms. The molecule has 3 nitrogen and oxygen atoms in total. The van der Waals surface area contributed by atoms with Crippen molar-refractivity contribution in [3.63, 3.8) is 0 Å². The fourth-order valence-electron chi connectivity index (χ4n) is 1.21. The summed E-state index contributed by atoms with van der Waals surface area (Å²) in [6.45, 7) is 2.78. The summed E-state index contributed by atoms with van der Waals surface area (Å²) in [5, 5.41) is 2.22. The number of aromatic nitrogens is 2. The summed E-state index contributed by atoms with van der Waals surface area (Å²) in [6, 6.07) is 3.84. The van der Waals surface area contributed by atoms with E-state index < -0.39 is 0 Å². The molecule has 16 heavy (non-hydrogen) atoms. The molecule has 2 rings (SSSR count). The molecule has 6 heteroatoms. The topological polar surface area (TPSA) is 29.0 Å². The van der Waals surface area contributed by atoms with Gasteiger partial charge in [0.15, 0.2) is 5.15 Å². The molecule has 0 N–H and O–H groups in total. The summed E-state index contributed by atoms with van der Waals surface area (Å²) >= 11 is 11.9. The first-order valence-corrected chi connectivity index (χ1v) is 6.35. The SMILES string of the molecule is CCN(S)c1sc(-c2cccnc2)nc1Cl. The predicted molar refractivity (Wildman–Crippen MR) is 72.4 cm³/mol. The molecule has 0 bridgehead atoms. The number of nitrogens with zero attached hydrogens (tertiary/aromatic N) is 3. The predicted octanol–water partition coefficient (Wildman–Crippen LogP) is 3.53. The van der Waals surface area contributed by atoms with Gasteiger partial charge in [-0.3, -0.25) is 4.98 Å². The molecule has 0 aliphatic heterocycles. The van der Waals surface area contributed by atoms with Crippen molar-refractivity contribution in [2.75, 3.05) is 10.8 Å². The number of pyridine rings is 1. The Labute approximate surface area is 109 Å². The Morgan fingerprint density at radius 3 is 3.00 bits per heavy atom. The van der Waals surface area contributed by atoms with Crippen LogP contribution in [-0.2, 0) is 0 Å². The van der Waals surface area contributed by atoms with Crippen LogP contribution in [0, 0.1) is 0 Å². The zero-order valence-corrected chi connectivity index (χ0v) is 11.1. The van der Waals surface area contributed by atoms with Crippen LogP contribution in [0.5, 0.6) is 0 Å². The smallest absolute Gasteiger partial charge is 0.165 e. The molecular formula is C10H10ClN3S2. The average Bonchev–Trinajstić information content (AvgIpc) is 2.71. The van der Waals surface area contributed by atoms with Crippen molar-refractivity contribution < 1.29 is 0 Å². The highest BCUT2D eigenvalue weighted by molar-refractivity contribution is 7.82. The molecule has 0 aliphatic carbocycles. The highest BCUT2D eigenvalue weighted by Crippen LogP contribution is 2.37. The third-order valence-corrected chi connectivity index (χ3v) is 4.13. The van der Waals surface area contributed by atoms with Crippen LogP contribution in [0.2, 0.25) is 5.15 Å². The number of thiol groups is 1. The lowest BCUT2D eigenvalue weighted by Crippen LogP contribution is -2.06. The van der Waals surface area contributed by atoms with Crippen LogP contribution in [-0.4, -0.2) is 16.5 Å². The van der Waals surface area contributed by atoms with E-state index in [0.29, 0.717) is 5.15 Å². The van der Waals surface area contributed by atoms with E-state index in [1.807, 2.05) is 19.1 Å². The Bertz CT molecular complexity index is 472. The first-order valence-electron chi connectivity index (χ1n) is 4.75. The third-order valence-electron chi connectivity index (χ3n) is 2.01. The van der Waals surface area contributed by atoms with Crippen molar-refractivity contribution >= 4 is 40.8 Å².